The van der Waals surface area contributed by atoms with Crippen LogP contribution in [0.2, 0.25) is 0 Å². The smallest absolute Gasteiger partial charge is 0.0627 e. The summed E-state index contributed by atoms with van der Waals surface area (Å²) in [4.78, 5) is 0. The Labute approximate surface area is 123 Å². The Kier molecular flexibility index (Phi) is 4.77. The third-order valence-corrected chi connectivity index (χ3v) is 5.14. The average Bonchev–Trinajstić information content (AvgIpc) is 3.10. The van der Waals surface area contributed by atoms with E-state index in [2.05, 4.69) is 29.2 Å². The molecule has 20 heavy (non-hydrogen) atoms. The Morgan fingerprint density at radius 3 is 2.85 bits per heavy atom. The quantitative estimate of drug-likeness (QED) is 0.888. The molecule has 2 atom stereocenters. The van der Waals surface area contributed by atoms with Crippen LogP contribution in [0.1, 0.15) is 70.0 Å². The second-order valence-electron chi connectivity index (χ2n) is 6.72. The van der Waals surface area contributed by atoms with E-state index < -0.39 is 0 Å². The molecule has 1 N–H and O–H groups in total. The molecule has 1 aromatic heterocycles. The highest BCUT2D eigenvalue weighted by molar-refractivity contribution is 5.02. The fourth-order valence-electron chi connectivity index (χ4n) is 4.10. The zero-order valence-electron chi connectivity index (χ0n) is 12.9. The fourth-order valence-corrected chi connectivity index (χ4v) is 4.10. The summed E-state index contributed by atoms with van der Waals surface area (Å²) >= 11 is 0. The minimum atomic E-state index is 0.685. The van der Waals surface area contributed by atoms with E-state index in [1.807, 2.05) is 0 Å². The lowest BCUT2D eigenvalue weighted by Gasteiger charge is -2.29. The summed E-state index contributed by atoms with van der Waals surface area (Å²) in [7, 11) is 0. The number of aromatic nitrogens is 2. The maximum Gasteiger partial charge on any atom is 0.0627 e. The minimum absolute atomic E-state index is 0.685. The van der Waals surface area contributed by atoms with E-state index in [9.17, 15) is 0 Å². The molecule has 0 aliphatic heterocycles. The molecule has 2 unspecified atom stereocenters. The van der Waals surface area contributed by atoms with Crippen molar-refractivity contribution in [2.45, 2.75) is 76.8 Å². The van der Waals surface area contributed by atoms with Gasteiger partial charge in [-0.05, 0) is 57.1 Å². The fraction of sp³-hybridized carbons (Fsp3) is 0.824. The molecule has 0 spiro atoms. The van der Waals surface area contributed by atoms with Gasteiger partial charge in [0.05, 0.1) is 11.7 Å². The van der Waals surface area contributed by atoms with Gasteiger partial charge in [0, 0.05) is 12.2 Å². The van der Waals surface area contributed by atoms with Gasteiger partial charge in [-0.25, -0.2) is 0 Å². The van der Waals surface area contributed by atoms with Crippen LogP contribution in [0.25, 0.3) is 0 Å². The highest BCUT2D eigenvalue weighted by Crippen LogP contribution is 2.30. The van der Waals surface area contributed by atoms with Crippen molar-refractivity contribution in [3.8, 4) is 0 Å². The maximum absolute atomic E-state index is 4.85. The first-order chi connectivity index (χ1) is 9.85. The Morgan fingerprint density at radius 1 is 1.20 bits per heavy atom. The molecule has 3 heteroatoms. The first-order valence-corrected chi connectivity index (χ1v) is 8.62. The first kappa shape index (κ1) is 14.1. The summed E-state index contributed by atoms with van der Waals surface area (Å²) in [6.07, 6.45) is 14.3. The lowest BCUT2D eigenvalue weighted by Crippen LogP contribution is -2.34. The normalized spacial score (nSPS) is 28.1. The topological polar surface area (TPSA) is 29.9 Å². The van der Waals surface area contributed by atoms with E-state index in [0.717, 1.165) is 18.5 Å². The minimum Gasteiger partial charge on any atom is -0.314 e. The maximum atomic E-state index is 4.85. The van der Waals surface area contributed by atoms with Crippen molar-refractivity contribution in [3.63, 3.8) is 0 Å². The summed E-state index contributed by atoms with van der Waals surface area (Å²) < 4.78 is 2.24. The predicted octanol–water partition coefficient (Wildman–Crippen LogP) is 3.71. The van der Waals surface area contributed by atoms with Gasteiger partial charge in [0.1, 0.15) is 0 Å². The average molecular weight is 275 g/mol. The molecule has 2 aliphatic carbocycles. The van der Waals surface area contributed by atoms with Crippen LogP contribution in [0.5, 0.6) is 0 Å². The van der Waals surface area contributed by atoms with Crippen molar-refractivity contribution < 1.29 is 0 Å². The Bertz CT molecular complexity index is 404. The van der Waals surface area contributed by atoms with Crippen molar-refractivity contribution in [1.82, 2.24) is 15.1 Å². The summed E-state index contributed by atoms with van der Waals surface area (Å²) in [6.45, 7) is 3.32. The number of hydrogen-bond acceptors (Lipinski definition) is 2. The van der Waals surface area contributed by atoms with Crippen LogP contribution in [0.15, 0.2) is 12.3 Å². The van der Waals surface area contributed by atoms with Gasteiger partial charge >= 0.3 is 0 Å². The van der Waals surface area contributed by atoms with E-state index in [1.54, 1.807) is 0 Å². The SMILES string of the molecule is CCNC1CCCC(Cc2ccn(C3CCCC3)n2)C1. The molecule has 2 fully saturated rings. The monoisotopic (exact) mass is 275 g/mol. The molecule has 1 heterocycles. The van der Waals surface area contributed by atoms with E-state index in [0.29, 0.717) is 6.04 Å². The molecule has 0 amide bonds. The van der Waals surface area contributed by atoms with E-state index in [1.165, 1.54) is 63.5 Å². The van der Waals surface area contributed by atoms with Gasteiger partial charge in [-0.15, -0.1) is 0 Å². The molecule has 1 aromatic rings. The first-order valence-electron chi connectivity index (χ1n) is 8.62. The second kappa shape index (κ2) is 6.75. The van der Waals surface area contributed by atoms with Crippen molar-refractivity contribution in [3.05, 3.63) is 18.0 Å². The van der Waals surface area contributed by atoms with Crippen LogP contribution in [0.3, 0.4) is 0 Å². The van der Waals surface area contributed by atoms with Gasteiger partial charge in [-0.1, -0.05) is 26.2 Å². The lowest BCUT2D eigenvalue weighted by molar-refractivity contribution is 0.285. The highest BCUT2D eigenvalue weighted by Gasteiger charge is 2.23. The van der Waals surface area contributed by atoms with E-state index in [-0.39, 0.29) is 0 Å². The zero-order valence-corrected chi connectivity index (χ0v) is 12.9. The van der Waals surface area contributed by atoms with Crippen molar-refractivity contribution in [2.75, 3.05) is 6.54 Å². The summed E-state index contributed by atoms with van der Waals surface area (Å²) in [5.74, 6) is 0.833. The van der Waals surface area contributed by atoms with Gasteiger partial charge in [0.25, 0.3) is 0 Å². The van der Waals surface area contributed by atoms with Crippen LogP contribution in [-0.4, -0.2) is 22.4 Å². The van der Waals surface area contributed by atoms with Crippen LogP contribution < -0.4 is 5.32 Å². The molecule has 0 aromatic carbocycles. The molecular weight excluding hydrogens is 246 g/mol. The largest absolute Gasteiger partial charge is 0.314 e. The van der Waals surface area contributed by atoms with Crippen LogP contribution in [-0.2, 0) is 6.42 Å². The Hall–Kier alpha value is -0.830. The van der Waals surface area contributed by atoms with E-state index >= 15 is 0 Å². The van der Waals surface area contributed by atoms with Gasteiger partial charge in [0.2, 0.25) is 0 Å². The third kappa shape index (κ3) is 3.43. The van der Waals surface area contributed by atoms with Gasteiger partial charge in [-0.3, -0.25) is 4.68 Å². The zero-order chi connectivity index (χ0) is 13.8. The van der Waals surface area contributed by atoms with Gasteiger partial charge < -0.3 is 5.32 Å². The molecular formula is C17H29N3. The molecule has 3 rings (SSSR count). The molecule has 0 saturated heterocycles. The molecule has 2 saturated carbocycles. The molecule has 112 valence electrons. The summed E-state index contributed by atoms with van der Waals surface area (Å²) in [6, 6.07) is 3.69. The molecule has 2 aliphatic rings. The third-order valence-electron chi connectivity index (χ3n) is 5.14. The predicted molar refractivity (Wildman–Crippen MR) is 82.9 cm³/mol. The van der Waals surface area contributed by atoms with Crippen LogP contribution in [0.4, 0.5) is 0 Å². The summed E-state index contributed by atoms with van der Waals surface area (Å²) in [5.41, 5.74) is 1.32. The van der Waals surface area contributed by atoms with Gasteiger partial charge in [-0.2, -0.15) is 5.10 Å². The molecule has 0 radical (unpaired) electrons. The van der Waals surface area contributed by atoms with Crippen LogP contribution in [0, 0.1) is 5.92 Å². The number of nitrogens with one attached hydrogen (secondary N) is 1. The molecule has 0 bridgehead atoms. The van der Waals surface area contributed by atoms with Crippen LogP contribution >= 0.6 is 0 Å². The lowest BCUT2D eigenvalue weighted by atomic mass is 9.83. The van der Waals surface area contributed by atoms with Gasteiger partial charge in [0.15, 0.2) is 0 Å². The molecule has 3 nitrogen and oxygen atoms in total. The van der Waals surface area contributed by atoms with Crippen molar-refractivity contribution >= 4 is 0 Å². The number of nitrogens with zero attached hydrogens (tertiary/aromatic N) is 2. The summed E-state index contributed by atoms with van der Waals surface area (Å²) in [5, 5.41) is 8.48. The second-order valence-corrected chi connectivity index (χ2v) is 6.72. The Balaban J connectivity index is 1.54. The van der Waals surface area contributed by atoms with E-state index in [4.69, 9.17) is 5.10 Å². The number of hydrogen-bond donors (Lipinski definition) is 1. The standard InChI is InChI=1S/C17H29N3/c1-2-18-15-7-5-6-14(12-15)13-16-10-11-20(19-16)17-8-3-4-9-17/h10-11,14-15,17-18H,2-9,12-13H2,1H3. The number of rotatable bonds is 5. The highest BCUT2D eigenvalue weighted by atomic mass is 15.3. The Morgan fingerprint density at radius 2 is 2.05 bits per heavy atom. The van der Waals surface area contributed by atoms with Crippen molar-refractivity contribution in [1.29, 1.82) is 0 Å². The van der Waals surface area contributed by atoms with Crippen molar-refractivity contribution in [2.24, 2.45) is 5.92 Å².